The zero-order chi connectivity index (χ0) is 11.1. The van der Waals surface area contributed by atoms with Gasteiger partial charge in [-0.15, -0.1) is 0 Å². The van der Waals surface area contributed by atoms with Crippen molar-refractivity contribution < 1.29 is 0 Å². The molecular weight excluding hydrogens is 204 g/mol. The normalized spacial score (nSPS) is 27.4. The van der Waals surface area contributed by atoms with Crippen LogP contribution in [0.4, 0.5) is 17.6 Å². The Kier molecular flexibility index (Phi) is 2.10. The summed E-state index contributed by atoms with van der Waals surface area (Å²) in [5, 5.41) is 0. The smallest absolute Gasteiger partial charge is 0.223 e. The number of nitrogens with one attached hydrogen (secondary N) is 1. The third-order valence-electron chi connectivity index (χ3n) is 3.58. The molecule has 2 heterocycles. The van der Waals surface area contributed by atoms with Gasteiger partial charge in [-0.2, -0.15) is 9.97 Å². The lowest BCUT2D eigenvalue weighted by molar-refractivity contribution is 0.550. The standard InChI is InChI=1S/C10H16N6/c11-10-13-8(15-12)4-9(14-10)16-5-6-1-2-7(16)3-6/h4,6-7H,1-3,5,12H2,(H3,11,13,14,15). The Hall–Kier alpha value is -1.56. The lowest BCUT2D eigenvalue weighted by atomic mass is 10.1. The maximum Gasteiger partial charge on any atom is 0.223 e. The Labute approximate surface area is 94.0 Å². The second kappa shape index (κ2) is 3.48. The van der Waals surface area contributed by atoms with Crippen LogP contribution in [0, 0.1) is 5.92 Å². The van der Waals surface area contributed by atoms with Crippen molar-refractivity contribution >= 4 is 17.6 Å². The van der Waals surface area contributed by atoms with E-state index < -0.39 is 0 Å². The van der Waals surface area contributed by atoms with Crippen LogP contribution in [0.3, 0.4) is 0 Å². The van der Waals surface area contributed by atoms with E-state index in [9.17, 15) is 0 Å². The highest BCUT2D eigenvalue weighted by molar-refractivity contribution is 5.53. The molecule has 2 atom stereocenters. The Morgan fingerprint density at radius 2 is 2.25 bits per heavy atom. The third-order valence-corrected chi connectivity index (χ3v) is 3.58. The maximum atomic E-state index is 5.66. The predicted molar refractivity (Wildman–Crippen MR) is 62.7 cm³/mol. The number of rotatable bonds is 2. The molecule has 0 aromatic carbocycles. The van der Waals surface area contributed by atoms with Gasteiger partial charge in [0.25, 0.3) is 0 Å². The molecule has 3 rings (SSSR count). The molecule has 1 aliphatic carbocycles. The topological polar surface area (TPSA) is 93.1 Å². The van der Waals surface area contributed by atoms with Crippen LogP contribution in [0.1, 0.15) is 19.3 Å². The highest BCUT2D eigenvalue weighted by Gasteiger charge is 2.38. The van der Waals surface area contributed by atoms with E-state index in [-0.39, 0.29) is 5.95 Å². The molecule has 86 valence electrons. The summed E-state index contributed by atoms with van der Waals surface area (Å²) >= 11 is 0. The number of nitrogens with two attached hydrogens (primary N) is 2. The van der Waals surface area contributed by atoms with Crippen LogP contribution in [-0.4, -0.2) is 22.6 Å². The van der Waals surface area contributed by atoms with Gasteiger partial charge in [0.05, 0.1) is 0 Å². The molecule has 1 aliphatic heterocycles. The molecular formula is C10H16N6. The fourth-order valence-electron chi connectivity index (χ4n) is 2.88. The predicted octanol–water partition coefficient (Wildman–Crippen LogP) is 0.333. The first-order valence-corrected chi connectivity index (χ1v) is 5.64. The number of nitrogens with zero attached hydrogens (tertiary/aromatic N) is 3. The van der Waals surface area contributed by atoms with Gasteiger partial charge in [-0.05, 0) is 25.2 Å². The summed E-state index contributed by atoms with van der Waals surface area (Å²) in [4.78, 5) is 10.6. The summed E-state index contributed by atoms with van der Waals surface area (Å²) < 4.78 is 0. The van der Waals surface area contributed by atoms with Crippen LogP contribution >= 0.6 is 0 Å². The van der Waals surface area contributed by atoms with Gasteiger partial charge in [-0.1, -0.05) is 0 Å². The van der Waals surface area contributed by atoms with Gasteiger partial charge in [0.1, 0.15) is 11.6 Å². The van der Waals surface area contributed by atoms with E-state index >= 15 is 0 Å². The largest absolute Gasteiger partial charge is 0.368 e. The molecule has 2 aliphatic rings. The molecule has 1 saturated carbocycles. The molecule has 0 spiro atoms. The summed E-state index contributed by atoms with van der Waals surface area (Å²) in [6.45, 7) is 1.09. The van der Waals surface area contributed by atoms with E-state index in [1.807, 2.05) is 6.07 Å². The molecule has 2 bridgehead atoms. The van der Waals surface area contributed by atoms with Crippen LogP contribution in [0.2, 0.25) is 0 Å². The highest BCUT2D eigenvalue weighted by atomic mass is 15.3. The molecule has 5 N–H and O–H groups in total. The van der Waals surface area contributed by atoms with Crippen LogP contribution < -0.4 is 21.9 Å². The molecule has 1 aromatic rings. The van der Waals surface area contributed by atoms with Gasteiger partial charge in [0.15, 0.2) is 0 Å². The van der Waals surface area contributed by atoms with Crippen LogP contribution in [-0.2, 0) is 0 Å². The maximum absolute atomic E-state index is 5.66. The van der Waals surface area contributed by atoms with Crippen molar-refractivity contribution in [3.8, 4) is 0 Å². The number of hydrazine groups is 1. The first kappa shape index (κ1) is 9.65. The number of hydrogen-bond donors (Lipinski definition) is 3. The second-order valence-corrected chi connectivity index (χ2v) is 4.60. The van der Waals surface area contributed by atoms with Crippen molar-refractivity contribution in [1.29, 1.82) is 0 Å². The lowest BCUT2D eigenvalue weighted by Crippen LogP contribution is -2.33. The van der Waals surface area contributed by atoms with Crippen LogP contribution in [0.25, 0.3) is 0 Å². The highest BCUT2D eigenvalue weighted by Crippen LogP contribution is 2.39. The van der Waals surface area contributed by atoms with Gasteiger partial charge in [-0.25, -0.2) is 5.84 Å². The van der Waals surface area contributed by atoms with Gasteiger partial charge in [0, 0.05) is 18.7 Å². The average Bonchev–Trinajstić information content (AvgIpc) is 2.89. The quantitative estimate of drug-likeness (QED) is 0.491. The minimum Gasteiger partial charge on any atom is -0.368 e. The Balaban J connectivity index is 1.91. The summed E-state index contributed by atoms with van der Waals surface area (Å²) in [7, 11) is 0. The summed E-state index contributed by atoms with van der Waals surface area (Å²) in [5.41, 5.74) is 8.17. The molecule has 2 unspecified atom stereocenters. The van der Waals surface area contributed by atoms with E-state index in [2.05, 4.69) is 20.3 Å². The van der Waals surface area contributed by atoms with Gasteiger partial charge < -0.3 is 16.1 Å². The lowest BCUT2D eigenvalue weighted by Gasteiger charge is -2.28. The van der Waals surface area contributed by atoms with E-state index in [4.69, 9.17) is 11.6 Å². The van der Waals surface area contributed by atoms with Crippen molar-refractivity contribution in [1.82, 2.24) is 9.97 Å². The molecule has 1 saturated heterocycles. The number of piperidine rings is 1. The van der Waals surface area contributed by atoms with Crippen molar-refractivity contribution in [2.45, 2.75) is 25.3 Å². The molecule has 6 nitrogen and oxygen atoms in total. The summed E-state index contributed by atoms with van der Waals surface area (Å²) in [6, 6.07) is 2.49. The zero-order valence-electron chi connectivity index (χ0n) is 9.06. The molecule has 0 amide bonds. The van der Waals surface area contributed by atoms with Gasteiger partial charge >= 0.3 is 0 Å². The Morgan fingerprint density at radius 1 is 1.38 bits per heavy atom. The molecule has 6 heteroatoms. The second-order valence-electron chi connectivity index (χ2n) is 4.60. The first-order chi connectivity index (χ1) is 7.76. The molecule has 2 fully saturated rings. The Bertz CT molecular complexity index is 406. The fraction of sp³-hybridized carbons (Fsp3) is 0.600. The van der Waals surface area contributed by atoms with Crippen molar-refractivity contribution in [3.63, 3.8) is 0 Å². The number of fused-ring (bicyclic) bond motifs is 2. The first-order valence-electron chi connectivity index (χ1n) is 5.64. The SMILES string of the molecule is NNc1cc(N2CC3CCC2C3)nc(N)n1. The minimum atomic E-state index is 0.272. The van der Waals surface area contributed by atoms with Crippen LogP contribution in [0.5, 0.6) is 0 Å². The average molecular weight is 220 g/mol. The number of anilines is 3. The van der Waals surface area contributed by atoms with Crippen molar-refractivity contribution in [2.24, 2.45) is 11.8 Å². The number of hydrogen-bond acceptors (Lipinski definition) is 6. The fourth-order valence-corrected chi connectivity index (χ4v) is 2.88. The van der Waals surface area contributed by atoms with Crippen LogP contribution in [0.15, 0.2) is 6.07 Å². The number of nitrogen functional groups attached to an aromatic ring is 2. The van der Waals surface area contributed by atoms with E-state index in [0.29, 0.717) is 11.9 Å². The number of aromatic nitrogens is 2. The van der Waals surface area contributed by atoms with E-state index in [1.54, 1.807) is 0 Å². The molecule has 1 aromatic heterocycles. The minimum absolute atomic E-state index is 0.272. The zero-order valence-corrected chi connectivity index (χ0v) is 9.06. The monoisotopic (exact) mass is 220 g/mol. The third kappa shape index (κ3) is 1.46. The summed E-state index contributed by atoms with van der Waals surface area (Å²) in [6.07, 6.45) is 3.90. The van der Waals surface area contributed by atoms with Crippen molar-refractivity contribution in [2.75, 3.05) is 22.6 Å². The van der Waals surface area contributed by atoms with E-state index in [1.165, 1.54) is 19.3 Å². The molecule has 16 heavy (non-hydrogen) atoms. The van der Waals surface area contributed by atoms with Crippen molar-refractivity contribution in [3.05, 3.63) is 6.07 Å². The van der Waals surface area contributed by atoms with E-state index in [0.717, 1.165) is 18.3 Å². The van der Waals surface area contributed by atoms with Gasteiger partial charge in [-0.3, -0.25) is 0 Å². The Morgan fingerprint density at radius 3 is 2.88 bits per heavy atom. The molecule has 0 radical (unpaired) electrons. The summed E-state index contributed by atoms with van der Waals surface area (Å²) in [5.74, 6) is 7.92. The van der Waals surface area contributed by atoms with Gasteiger partial charge in [0.2, 0.25) is 5.95 Å².